The second kappa shape index (κ2) is 8.11. The van der Waals surface area contributed by atoms with E-state index in [-0.39, 0.29) is 18.1 Å². The van der Waals surface area contributed by atoms with E-state index in [0.717, 1.165) is 18.6 Å². The third kappa shape index (κ3) is 4.18. The first-order chi connectivity index (χ1) is 14.0. The van der Waals surface area contributed by atoms with Crippen LogP contribution in [0.5, 0.6) is 5.75 Å². The lowest BCUT2D eigenvalue weighted by Gasteiger charge is -2.32. The third-order valence-electron chi connectivity index (χ3n) is 5.38. The molecule has 2 aliphatic rings. The second-order valence-corrected chi connectivity index (χ2v) is 7.62. The van der Waals surface area contributed by atoms with Gasteiger partial charge in [0.2, 0.25) is 0 Å². The number of carbonyl (C=O) groups excluding carboxylic acids is 2. The molecule has 0 aliphatic carbocycles. The van der Waals surface area contributed by atoms with Crippen molar-refractivity contribution in [3.8, 4) is 5.75 Å². The summed E-state index contributed by atoms with van der Waals surface area (Å²) in [7, 11) is 0. The van der Waals surface area contributed by atoms with Crippen molar-refractivity contribution in [1.82, 2.24) is 9.88 Å². The molecule has 1 atom stereocenters. The van der Waals surface area contributed by atoms with Gasteiger partial charge in [-0.25, -0.2) is 9.78 Å². The van der Waals surface area contributed by atoms with Gasteiger partial charge in [0.1, 0.15) is 24.3 Å². The summed E-state index contributed by atoms with van der Waals surface area (Å²) in [6.07, 6.45) is 2.83. The summed E-state index contributed by atoms with van der Waals surface area (Å²) in [6, 6.07) is 11.4. The van der Waals surface area contributed by atoms with E-state index in [9.17, 15) is 9.59 Å². The van der Waals surface area contributed by atoms with Crippen LogP contribution in [0.4, 0.5) is 10.6 Å². The van der Waals surface area contributed by atoms with Crippen LogP contribution in [0, 0.1) is 6.92 Å². The van der Waals surface area contributed by atoms with Crippen molar-refractivity contribution in [1.29, 1.82) is 0 Å². The van der Waals surface area contributed by atoms with Crippen molar-refractivity contribution in [3.63, 3.8) is 0 Å². The molecule has 2 aromatic rings. The Bertz CT molecular complexity index is 874. The summed E-state index contributed by atoms with van der Waals surface area (Å²) in [4.78, 5) is 32.3. The van der Waals surface area contributed by atoms with Gasteiger partial charge in [-0.05, 0) is 38.1 Å². The Morgan fingerprint density at radius 3 is 2.45 bits per heavy atom. The normalized spacial score (nSPS) is 19.9. The number of carbonyl (C=O) groups is 2. The predicted molar refractivity (Wildman–Crippen MR) is 108 cm³/mol. The number of hydrogen-bond donors (Lipinski definition) is 0. The number of ether oxygens (including phenoxy) is 2. The molecule has 2 aliphatic heterocycles. The first-order valence-electron chi connectivity index (χ1n) is 9.96. The minimum atomic E-state index is -0.403. The van der Waals surface area contributed by atoms with Gasteiger partial charge in [0, 0.05) is 32.1 Å². The van der Waals surface area contributed by atoms with Gasteiger partial charge in [-0.1, -0.05) is 17.7 Å². The highest BCUT2D eigenvalue weighted by Gasteiger charge is 2.32. The summed E-state index contributed by atoms with van der Waals surface area (Å²) in [5.41, 5.74) is 1.72. The van der Waals surface area contributed by atoms with Crippen LogP contribution in [-0.4, -0.2) is 53.7 Å². The van der Waals surface area contributed by atoms with Crippen molar-refractivity contribution in [2.24, 2.45) is 0 Å². The zero-order chi connectivity index (χ0) is 20.4. The SMILES string of the molecule is Cc1ccc(OC2CCN(C(=O)c3ccc(N4C(=O)OC[C@H]4C)nc3)CC2)cc1. The predicted octanol–water partition coefficient (Wildman–Crippen LogP) is 3.42. The Balaban J connectivity index is 1.33. The molecule has 4 rings (SSSR count). The van der Waals surface area contributed by atoms with E-state index in [1.54, 1.807) is 12.1 Å². The van der Waals surface area contributed by atoms with Crippen LogP contribution in [0.25, 0.3) is 0 Å². The molecule has 1 aromatic carbocycles. The number of nitrogens with zero attached hydrogens (tertiary/aromatic N) is 3. The molecular formula is C22H25N3O4. The largest absolute Gasteiger partial charge is 0.490 e. The molecule has 0 spiro atoms. The van der Waals surface area contributed by atoms with Gasteiger partial charge in [-0.3, -0.25) is 9.69 Å². The van der Waals surface area contributed by atoms with Gasteiger partial charge < -0.3 is 14.4 Å². The average Bonchev–Trinajstić information content (AvgIpc) is 3.08. The number of hydrogen-bond acceptors (Lipinski definition) is 5. The Hall–Kier alpha value is -3.09. The quantitative estimate of drug-likeness (QED) is 0.793. The fourth-order valence-electron chi connectivity index (χ4n) is 3.66. The fraction of sp³-hybridized carbons (Fsp3) is 0.409. The van der Waals surface area contributed by atoms with Crippen molar-refractivity contribution in [3.05, 3.63) is 53.7 Å². The lowest BCUT2D eigenvalue weighted by Crippen LogP contribution is -2.41. The number of cyclic esters (lactones) is 1. The third-order valence-corrected chi connectivity index (χ3v) is 5.38. The molecule has 0 N–H and O–H groups in total. The summed E-state index contributed by atoms with van der Waals surface area (Å²) >= 11 is 0. The minimum absolute atomic E-state index is 0.0464. The molecule has 7 heteroatoms. The van der Waals surface area contributed by atoms with Crippen molar-refractivity contribution in [2.75, 3.05) is 24.6 Å². The van der Waals surface area contributed by atoms with E-state index in [0.29, 0.717) is 31.1 Å². The molecule has 1 aromatic heterocycles. The van der Waals surface area contributed by atoms with Crippen LogP contribution < -0.4 is 9.64 Å². The number of piperidine rings is 1. The highest BCUT2D eigenvalue weighted by molar-refractivity contribution is 5.95. The van der Waals surface area contributed by atoms with Gasteiger partial charge in [-0.15, -0.1) is 0 Å². The standard InChI is InChI=1S/C22H25N3O4/c1-15-3-6-18(7-4-15)29-19-9-11-24(12-10-19)21(26)17-5-8-20(23-13-17)25-16(2)14-28-22(25)27/h3-8,13,16,19H,9-12,14H2,1-2H3/t16-/m1/s1. The highest BCUT2D eigenvalue weighted by atomic mass is 16.6. The lowest BCUT2D eigenvalue weighted by atomic mass is 10.1. The van der Waals surface area contributed by atoms with Gasteiger partial charge >= 0.3 is 6.09 Å². The Morgan fingerprint density at radius 1 is 1.14 bits per heavy atom. The van der Waals surface area contributed by atoms with E-state index >= 15 is 0 Å². The maximum absolute atomic E-state index is 12.8. The number of rotatable bonds is 4. The number of pyridine rings is 1. The van der Waals surface area contributed by atoms with E-state index < -0.39 is 6.09 Å². The Morgan fingerprint density at radius 2 is 1.86 bits per heavy atom. The summed E-state index contributed by atoms with van der Waals surface area (Å²) < 4.78 is 11.1. The summed E-state index contributed by atoms with van der Waals surface area (Å²) in [5, 5.41) is 0. The molecule has 2 amide bonds. The Kier molecular flexibility index (Phi) is 5.38. The van der Waals surface area contributed by atoms with Gasteiger partial charge in [0.25, 0.3) is 5.91 Å². The monoisotopic (exact) mass is 395 g/mol. The molecule has 2 saturated heterocycles. The molecule has 2 fully saturated rings. The number of aryl methyl sites for hydroxylation is 1. The molecule has 152 valence electrons. The van der Waals surface area contributed by atoms with Crippen LogP contribution in [0.3, 0.4) is 0 Å². The van der Waals surface area contributed by atoms with Crippen LogP contribution in [0.1, 0.15) is 35.7 Å². The average molecular weight is 395 g/mol. The van der Waals surface area contributed by atoms with Crippen LogP contribution in [-0.2, 0) is 4.74 Å². The van der Waals surface area contributed by atoms with Gasteiger partial charge in [0.15, 0.2) is 0 Å². The molecule has 0 bridgehead atoms. The van der Waals surface area contributed by atoms with Gasteiger partial charge in [0.05, 0.1) is 11.6 Å². The number of likely N-dealkylation sites (tertiary alicyclic amines) is 1. The minimum Gasteiger partial charge on any atom is -0.490 e. The van der Waals surface area contributed by atoms with Crippen molar-refractivity contribution < 1.29 is 19.1 Å². The van der Waals surface area contributed by atoms with E-state index in [1.807, 2.05) is 43.0 Å². The Labute approximate surface area is 170 Å². The number of benzene rings is 1. The molecule has 0 unspecified atom stereocenters. The van der Waals surface area contributed by atoms with Gasteiger partial charge in [-0.2, -0.15) is 0 Å². The molecule has 0 saturated carbocycles. The zero-order valence-corrected chi connectivity index (χ0v) is 16.7. The maximum atomic E-state index is 12.8. The smallest absolute Gasteiger partial charge is 0.415 e. The number of aromatic nitrogens is 1. The zero-order valence-electron chi connectivity index (χ0n) is 16.7. The summed E-state index contributed by atoms with van der Waals surface area (Å²) in [6.45, 7) is 5.58. The first-order valence-corrected chi connectivity index (χ1v) is 9.96. The van der Waals surface area contributed by atoms with E-state index in [1.165, 1.54) is 16.7 Å². The van der Waals surface area contributed by atoms with Crippen LogP contribution in [0.15, 0.2) is 42.6 Å². The van der Waals surface area contributed by atoms with E-state index in [2.05, 4.69) is 4.98 Å². The van der Waals surface area contributed by atoms with Crippen molar-refractivity contribution in [2.45, 2.75) is 38.8 Å². The highest BCUT2D eigenvalue weighted by Crippen LogP contribution is 2.23. The van der Waals surface area contributed by atoms with E-state index in [4.69, 9.17) is 9.47 Å². The molecule has 29 heavy (non-hydrogen) atoms. The van der Waals surface area contributed by atoms with Crippen LogP contribution in [0.2, 0.25) is 0 Å². The molecule has 3 heterocycles. The fourth-order valence-corrected chi connectivity index (χ4v) is 3.66. The molecular weight excluding hydrogens is 370 g/mol. The van der Waals surface area contributed by atoms with Crippen molar-refractivity contribution >= 4 is 17.8 Å². The maximum Gasteiger partial charge on any atom is 0.415 e. The molecule has 7 nitrogen and oxygen atoms in total. The number of amides is 2. The first kappa shape index (κ1) is 19.2. The summed E-state index contributed by atoms with van der Waals surface area (Å²) in [5.74, 6) is 1.33. The molecule has 0 radical (unpaired) electrons. The second-order valence-electron chi connectivity index (χ2n) is 7.62. The lowest BCUT2D eigenvalue weighted by molar-refractivity contribution is 0.0595. The van der Waals surface area contributed by atoms with Crippen LogP contribution >= 0.6 is 0 Å². The topological polar surface area (TPSA) is 72.0 Å². The number of anilines is 1.